The summed E-state index contributed by atoms with van der Waals surface area (Å²) in [7, 11) is 0. The molecule has 0 saturated carbocycles. The molecule has 21 heavy (non-hydrogen) atoms. The number of hydrogen-bond donors (Lipinski definition) is 2. The third-order valence-corrected chi connectivity index (χ3v) is 2.09. The number of carbonyl (C=O) groups is 2. The van der Waals surface area contributed by atoms with Crippen LogP contribution in [0, 0.1) is 0 Å². The van der Waals surface area contributed by atoms with E-state index in [0.29, 0.717) is 12.2 Å². The molecule has 0 spiro atoms. The molecule has 2 rings (SSSR count). The van der Waals surface area contributed by atoms with Crippen LogP contribution in [0.15, 0.2) is 72.8 Å². The van der Waals surface area contributed by atoms with Crippen LogP contribution in [0.4, 0.5) is 0 Å². The van der Waals surface area contributed by atoms with E-state index < -0.39 is 11.9 Å². The summed E-state index contributed by atoms with van der Waals surface area (Å²) in [6.45, 7) is 0. The van der Waals surface area contributed by atoms with Gasteiger partial charge in [-0.2, -0.15) is 0 Å². The first-order chi connectivity index (χ1) is 10.1. The molecule has 0 amide bonds. The smallest absolute Gasteiger partial charge is 0.328 e. The number of benzene rings is 2. The molecule has 0 aliphatic carbocycles. The minimum absolute atomic E-state index is 0.558. The quantitative estimate of drug-likeness (QED) is 0.843. The highest BCUT2D eigenvalue weighted by Crippen LogP contribution is 2.19. The molecule has 0 heterocycles. The summed E-state index contributed by atoms with van der Waals surface area (Å²) in [6, 6.07) is 19.5. The van der Waals surface area contributed by atoms with Crippen molar-refractivity contribution < 1.29 is 24.5 Å². The van der Waals surface area contributed by atoms with Gasteiger partial charge < -0.3 is 14.9 Å². The molecule has 2 aromatic carbocycles. The van der Waals surface area contributed by atoms with Crippen LogP contribution in [0.25, 0.3) is 0 Å². The standard InChI is InChI=1S/C12H10O.C4H4O4/c1-3-7-11(8-4-1)13-12-9-5-2-6-10-12;5-3(6)1-2-4(7)8/h1-10H;1-2H,(H,5,6)(H,7,8)/b;2-1+. The molecule has 5 heteroatoms. The van der Waals surface area contributed by atoms with Gasteiger partial charge in [-0.25, -0.2) is 9.59 Å². The van der Waals surface area contributed by atoms with E-state index in [1.54, 1.807) is 0 Å². The Kier molecular flexibility index (Phi) is 6.79. The van der Waals surface area contributed by atoms with Crippen LogP contribution in [0.1, 0.15) is 0 Å². The Bertz CT molecular complexity index is 537. The van der Waals surface area contributed by atoms with E-state index in [1.807, 2.05) is 60.7 Å². The van der Waals surface area contributed by atoms with Crippen molar-refractivity contribution in [3.05, 3.63) is 72.8 Å². The summed E-state index contributed by atoms with van der Waals surface area (Å²) in [5.74, 6) is -0.776. The predicted molar refractivity (Wildman–Crippen MR) is 77.4 cm³/mol. The first-order valence-electron chi connectivity index (χ1n) is 6.00. The largest absolute Gasteiger partial charge is 0.478 e. The molecule has 2 aromatic rings. The van der Waals surface area contributed by atoms with Crippen LogP contribution >= 0.6 is 0 Å². The van der Waals surface area contributed by atoms with Crippen molar-refractivity contribution in [2.45, 2.75) is 0 Å². The van der Waals surface area contributed by atoms with Gasteiger partial charge in [0.25, 0.3) is 0 Å². The molecule has 0 atom stereocenters. The fourth-order valence-electron chi connectivity index (χ4n) is 1.26. The van der Waals surface area contributed by atoms with Gasteiger partial charge in [0.05, 0.1) is 0 Å². The average Bonchev–Trinajstić information content (AvgIpc) is 2.48. The molecule has 5 nitrogen and oxygen atoms in total. The summed E-state index contributed by atoms with van der Waals surface area (Å²) in [6.07, 6.45) is 1.12. The van der Waals surface area contributed by atoms with E-state index in [4.69, 9.17) is 14.9 Å². The van der Waals surface area contributed by atoms with E-state index in [0.717, 1.165) is 11.5 Å². The van der Waals surface area contributed by atoms with Gasteiger partial charge >= 0.3 is 11.9 Å². The van der Waals surface area contributed by atoms with E-state index in [1.165, 1.54) is 0 Å². The fraction of sp³-hybridized carbons (Fsp3) is 0. The SMILES string of the molecule is O=C(O)/C=C/C(=O)O.c1ccc(Oc2ccccc2)cc1. The van der Waals surface area contributed by atoms with Crippen molar-refractivity contribution in [3.63, 3.8) is 0 Å². The molecule has 0 fully saturated rings. The second-order valence-corrected chi connectivity index (χ2v) is 3.74. The highest BCUT2D eigenvalue weighted by Gasteiger charge is 1.92. The number of rotatable bonds is 4. The maximum Gasteiger partial charge on any atom is 0.328 e. The third kappa shape index (κ3) is 7.84. The van der Waals surface area contributed by atoms with Gasteiger partial charge in [0, 0.05) is 12.2 Å². The van der Waals surface area contributed by atoms with Crippen molar-refractivity contribution in [1.29, 1.82) is 0 Å². The maximum atomic E-state index is 9.55. The molecular weight excluding hydrogens is 272 g/mol. The van der Waals surface area contributed by atoms with Crippen LogP contribution < -0.4 is 4.74 Å². The Labute approximate surface area is 121 Å². The maximum absolute atomic E-state index is 9.55. The zero-order chi connectivity index (χ0) is 15.5. The van der Waals surface area contributed by atoms with E-state index in [9.17, 15) is 9.59 Å². The predicted octanol–water partition coefficient (Wildman–Crippen LogP) is 3.19. The monoisotopic (exact) mass is 286 g/mol. The van der Waals surface area contributed by atoms with Gasteiger partial charge in [0.2, 0.25) is 0 Å². The Hall–Kier alpha value is -3.08. The first-order valence-corrected chi connectivity index (χ1v) is 6.00. The lowest BCUT2D eigenvalue weighted by atomic mass is 10.3. The number of hydrogen-bond acceptors (Lipinski definition) is 3. The second kappa shape index (κ2) is 8.92. The first kappa shape index (κ1) is 16.0. The van der Waals surface area contributed by atoms with Crippen molar-refractivity contribution in [2.75, 3.05) is 0 Å². The normalized spacial score (nSPS) is 9.52. The summed E-state index contributed by atoms with van der Waals surface area (Å²) in [5, 5.41) is 15.6. The lowest BCUT2D eigenvalue weighted by Crippen LogP contribution is -1.91. The minimum atomic E-state index is -1.26. The Morgan fingerprint density at radius 3 is 1.33 bits per heavy atom. The molecule has 2 N–H and O–H groups in total. The van der Waals surface area contributed by atoms with Crippen LogP contribution in [0.2, 0.25) is 0 Å². The van der Waals surface area contributed by atoms with E-state index in [2.05, 4.69) is 0 Å². The van der Waals surface area contributed by atoms with Crippen molar-refractivity contribution in [2.24, 2.45) is 0 Å². The molecule has 0 bridgehead atoms. The van der Waals surface area contributed by atoms with Crippen molar-refractivity contribution in [3.8, 4) is 11.5 Å². The Balaban J connectivity index is 0.000000240. The third-order valence-electron chi connectivity index (χ3n) is 2.09. The van der Waals surface area contributed by atoms with Crippen LogP contribution in [-0.2, 0) is 9.59 Å². The summed E-state index contributed by atoms with van der Waals surface area (Å²) in [4.78, 5) is 19.1. The van der Waals surface area contributed by atoms with Crippen molar-refractivity contribution >= 4 is 11.9 Å². The van der Waals surface area contributed by atoms with Crippen LogP contribution in [0.3, 0.4) is 0 Å². The zero-order valence-corrected chi connectivity index (χ0v) is 11.0. The average molecular weight is 286 g/mol. The van der Waals surface area contributed by atoms with Crippen LogP contribution in [0.5, 0.6) is 11.5 Å². The van der Waals surface area contributed by atoms with E-state index >= 15 is 0 Å². The van der Waals surface area contributed by atoms with Gasteiger partial charge in [0.1, 0.15) is 11.5 Å². The summed E-state index contributed by atoms with van der Waals surface area (Å²) < 4.78 is 5.58. The summed E-state index contributed by atoms with van der Waals surface area (Å²) in [5.41, 5.74) is 0. The molecule has 0 unspecified atom stereocenters. The molecule has 0 saturated heterocycles. The van der Waals surface area contributed by atoms with Crippen molar-refractivity contribution in [1.82, 2.24) is 0 Å². The topological polar surface area (TPSA) is 83.8 Å². The number of aliphatic carboxylic acids is 2. The highest BCUT2D eigenvalue weighted by molar-refractivity contribution is 5.89. The molecule has 0 aliphatic heterocycles. The summed E-state index contributed by atoms with van der Waals surface area (Å²) >= 11 is 0. The lowest BCUT2D eigenvalue weighted by Gasteiger charge is -2.03. The highest BCUT2D eigenvalue weighted by atomic mass is 16.5. The molecular formula is C16H14O5. The molecule has 0 aromatic heterocycles. The molecule has 0 radical (unpaired) electrons. The number of carboxylic acids is 2. The Morgan fingerprint density at radius 1 is 0.714 bits per heavy atom. The van der Waals surface area contributed by atoms with Gasteiger partial charge in [-0.3, -0.25) is 0 Å². The lowest BCUT2D eigenvalue weighted by molar-refractivity contribution is -0.134. The van der Waals surface area contributed by atoms with Gasteiger partial charge in [-0.1, -0.05) is 36.4 Å². The number of carboxylic acid groups (broad SMARTS) is 2. The van der Waals surface area contributed by atoms with Gasteiger partial charge in [-0.15, -0.1) is 0 Å². The molecule has 0 aliphatic rings. The molecule has 108 valence electrons. The fourth-order valence-corrected chi connectivity index (χ4v) is 1.26. The van der Waals surface area contributed by atoms with Gasteiger partial charge in [0.15, 0.2) is 0 Å². The number of para-hydroxylation sites is 2. The van der Waals surface area contributed by atoms with Gasteiger partial charge in [-0.05, 0) is 24.3 Å². The number of ether oxygens (including phenoxy) is 1. The zero-order valence-electron chi connectivity index (χ0n) is 11.0. The Morgan fingerprint density at radius 2 is 1.05 bits per heavy atom. The van der Waals surface area contributed by atoms with Crippen LogP contribution in [-0.4, -0.2) is 22.2 Å². The van der Waals surface area contributed by atoms with E-state index in [-0.39, 0.29) is 0 Å². The second-order valence-electron chi connectivity index (χ2n) is 3.74. The minimum Gasteiger partial charge on any atom is -0.478 e.